The predicted molar refractivity (Wildman–Crippen MR) is 138 cm³/mol. The number of aryl methyl sites for hydroxylation is 3. The van der Waals surface area contributed by atoms with Gasteiger partial charge >= 0.3 is 11.6 Å². The lowest BCUT2D eigenvalue weighted by atomic mass is 10.0. The molecule has 0 aliphatic rings. The van der Waals surface area contributed by atoms with Crippen molar-refractivity contribution < 1.29 is 22.4 Å². The van der Waals surface area contributed by atoms with Gasteiger partial charge in [0.1, 0.15) is 17.4 Å². The van der Waals surface area contributed by atoms with Crippen molar-refractivity contribution in [1.82, 2.24) is 4.72 Å². The van der Waals surface area contributed by atoms with Gasteiger partial charge in [-0.25, -0.2) is 18.0 Å². The SMILES string of the molecule is CCc1cc2c(C)cc(=O)oc2cc1OC(=O)C(Cc1ccccc1)NS(=O)(=O)c1ccc(C)cc1. The number of hydrogen-bond acceptors (Lipinski definition) is 6. The first-order valence-corrected chi connectivity index (χ1v) is 13.1. The summed E-state index contributed by atoms with van der Waals surface area (Å²) in [4.78, 5) is 25.3. The zero-order chi connectivity index (χ0) is 25.9. The molecule has 1 N–H and O–H groups in total. The first kappa shape index (κ1) is 25.3. The quantitative estimate of drug-likeness (QED) is 0.215. The van der Waals surface area contributed by atoms with E-state index in [9.17, 15) is 18.0 Å². The third-order valence-corrected chi connectivity index (χ3v) is 7.41. The van der Waals surface area contributed by atoms with Crippen LogP contribution in [0.4, 0.5) is 0 Å². The standard InChI is InChI=1S/C28H27NO6S/c1-4-21-16-23-19(3)14-27(30)34-26(23)17-25(21)35-28(31)24(15-20-8-6-5-7-9-20)29-36(32,33)22-12-10-18(2)11-13-22/h5-14,16-17,24,29H,4,15H2,1-3H3. The van der Waals surface area contributed by atoms with Gasteiger partial charge in [-0.3, -0.25) is 0 Å². The highest BCUT2D eigenvalue weighted by atomic mass is 32.2. The minimum Gasteiger partial charge on any atom is -0.425 e. The average Bonchev–Trinajstić information content (AvgIpc) is 2.84. The van der Waals surface area contributed by atoms with E-state index >= 15 is 0 Å². The molecule has 0 fully saturated rings. The van der Waals surface area contributed by atoms with E-state index in [1.165, 1.54) is 24.3 Å². The predicted octanol–water partition coefficient (Wildman–Crippen LogP) is 4.47. The van der Waals surface area contributed by atoms with Crippen LogP contribution < -0.4 is 15.1 Å². The summed E-state index contributed by atoms with van der Waals surface area (Å²) < 4.78 is 39.8. The van der Waals surface area contributed by atoms with Crippen molar-refractivity contribution in [3.63, 3.8) is 0 Å². The zero-order valence-electron chi connectivity index (χ0n) is 20.3. The Hall–Kier alpha value is -3.75. The Labute approximate surface area is 209 Å². The van der Waals surface area contributed by atoms with E-state index in [0.29, 0.717) is 12.0 Å². The molecule has 0 bridgehead atoms. The number of ether oxygens (including phenoxy) is 1. The Morgan fingerprint density at radius 3 is 2.36 bits per heavy atom. The average molecular weight is 506 g/mol. The first-order chi connectivity index (χ1) is 17.2. The molecule has 1 unspecified atom stereocenters. The molecule has 0 aliphatic carbocycles. The van der Waals surface area contributed by atoms with Crippen molar-refractivity contribution >= 4 is 27.0 Å². The Morgan fingerprint density at radius 1 is 1.00 bits per heavy atom. The van der Waals surface area contributed by atoms with Crippen LogP contribution in [-0.2, 0) is 27.7 Å². The summed E-state index contributed by atoms with van der Waals surface area (Å²) >= 11 is 0. The van der Waals surface area contributed by atoms with Crippen LogP contribution in [0, 0.1) is 13.8 Å². The molecule has 1 atom stereocenters. The normalized spacial score (nSPS) is 12.4. The molecule has 7 nitrogen and oxygen atoms in total. The maximum absolute atomic E-state index is 13.4. The molecule has 36 heavy (non-hydrogen) atoms. The fraction of sp³-hybridized carbons (Fsp3) is 0.214. The number of carbonyl (C=O) groups is 1. The van der Waals surface area contributed by atoms with Crippen molar-refractivity contribution in [2.75, 3.05) is 0 Å². The highest BCUT2D eigenvalue weighted by Crippen LogP contribution is 2.28. The number of carbonyl (C=O) groups excluding carboxylic acids is 1. The number of benzene rings is 3. The molecule has 4 rings (SSSR count). The molecular formula is C28H27NO6S. The molecule has 0 aliphatic heterocycles. The number of hydrogen-bond donors (Lipinski definition) is 1. The lowest BCUT2D eigenvalue weighted by Gasteiger charge is -2.19. The van der Waals surface area contributed by atoms with Gasteiger partial charge < -0.3 is 9.15 Å². The maximum atomic E-state index is 13.4. The van der Waals surface area contributed by atoms with Gasteiger partial charge in [-0.15, -0.1) is 0 Å². The van der Waals surface area contributed by atoms with Gasteiger partial charge in [-0.2, -0.15) is 4.72 Å². The Balaban J connectivity index is 1.69. The summed E-state index contributed by atoms with van der Waals surface area (Å²) in [5.41, 5.74) is 2.95. The van der Waals surface area contributed by atoms with Crippen LogP contribution in [0.2, 0.25) is 0 Å². The molecule has 8 heteroatoms. The Bertz CT molecular complexity index is 1560. The van der Waals surface area contributed by atoms with Gasteiger partial charge in [0, 0.05) is 17.5 Å². The molecule has 0 radical (unpaired) electrons. The third-order valence-electron chi connectivity index (χ3n) is 5.92. The van der Waals surface area contributed by atoms with Gasteiger partial charge in [0.15, 0.2) is 0 Å². The number of esters is 1. The lowest BCUT2D eigenvalue weighted by Crippen LogP contribution is -2.44. The summed E-state index contributed by atoms with van der Waals surface area (Å²) in [7, 11) is -4.01. The second-order valence-corrected chi connectivity index (χ2v) is 10.4. The summed E-state index contributed by atoms with van der Waals surface area (Å²) in [6.07, 6.45) is 0.642. The van der Waals surface area contributed by atoms with E-state index in [0.717, 1.165) is 27.6 Å². The van der Waals surface area contributed by atoms with Crippen LogP contribution in [0.25, 0.3) is 11.0 Å². The second-order valence-electron chi connectivity index (χ2n) is 8.66. The Kier molecular flexibility index (Phi) is 7.37. The van der Waals surface area contributed by atoms with Crippen LogP contribution >= 0.6 is 0 Å². The summed E-state index contributed by atoms with van der Waals surface area (Å²) in [6, 6.07) is 19.0. The van der Waals surface area contributed by atoms with Gasteiger partial charge in [-0.1, -0.05) is 55.0 Å². The van der Waals surface area contributed by atoms with E-state index in [1.54, 1.807) is 19.1 Å². The highest BCUT2D eigenvalue weighted by molar-refractivity contribution is 7.89. The Morgan fingerprint density at radius 2 is 1.69 bits per heavy atom. The number of sulfonamides is 1. The molecule has 0 amide bonds. The molecular weight excluding hydrogens is 478 g/mol. The summed E-state index contributed by atoms with van der Waals surface area (Å²) in [5.74, 6) is -0.546. The van der Waals surface area contributed by atoms with Gasteiger partial charge in [0.25, 0.3) is 0 Å². The van der Waals surface area contributed by atoms with Gasteiger partial charge in [0.2, 0.25) is 10.0 Å². The topological polar surface area (TPSA) is 103 Å². The van der Waals surface area contributed by atoms with Crippen LogP contribution in [0.5, 0.6) is 5.75 Å². The van der Waals surface area contributed by atoms with Crippen molar-refractivity contribution in [1.29, 1.82) is 0 Å². The maximum Gasteiger partial charge on any atom is 0.336 e. The molecule has 4 aromatic rings. The fourth-order valence-electron chi connectivity index (χ4n) is 3.94. The van der Waals surface area contributed by atoms with Gasteiger partial charge in [0.05, 0.1) is 4.90 Å². The molecule has 1 aromatic heterocycles. The van der Waals surface area contributed by atoms with E-state index in [2.05, 4.69) is 4.72 Å². The van der Waals surface area contributed by atoms with E-state index in [-0.39, 0.29) is 17.1 Å². The third kappa shape index (κ3) is 5.72. The lowest BCUT2D eigenvalue weighted by molar-refractivity contribution is -0.136. The summed E-state index contributed by atoms with van der Waals surface area (Å²) in [6.45, 7) is 5.58. The molecule has 1 heterocycles. The van der Waals surface area contributed by atoms with E-state index in [4.69, 9.17) is 9.15 Å². The van der Waals surface area contributed by atoms with E-state index in [1.807, 2.05) is 50.2 Å². The molecule has 0 saturated heterocycles. The number of nitrogens with one attached hydrogen (secondary N) is 1. The molecule has 0 spiro atoms. The van der Waals surface area contributed by atoms with Crippen molar-refractivity contribution in [2.45, 2.75) is 44.6 Å². The van der Waals surface area contributed by atoms with Crippen molar-refractivity contribution in [3.8, 4) is 5.75 Å². The van der Waals surface area contributed by atoms with Crippen molar-refractivity contribution in [3.05, 3.63) is 105 Å². The second kappa shape index (κ2) is 10.5. The smallest absolute Gasteiger partial charge is 0.336 e. The van der Waals surface area contributed by atoms with E-state index < -0.39 is 27.7 Å². The monoisotopic (exact) mass is 505 g/mol. The minimum atomic E-state index is -4.01. The number of fused-ring (bicyclic) bond motifs is 1. The zero-order valence-corrected chi connectivity index (χ0v) is 21.1. The van der Waals surface area contributed by atoms with Crippen molar-refractivity contribution in [2.24, 2.45) is 0 Å². The highest BCUT2D eigenvalue weighted by Gasteiger charge is 2.28. The first-order valence-electron chi connectivity index (χ1n) is 11.6. The number of rotatable bonds is 8. The molecule has 186 valence electrons. The van der Waals surface area contributed by atoms with Gasteiger partial charge in [-0.05, 0) is 61.6 Å². The van der Waals surface area contributed by atoms with Crippen LogP contribution in [-0.4, -0.2) is 20.4 Å². The van der Waals surface area contributed by atoms with Crippen LogP contribution in [0.1, 0.15) is 29.2 Å². The molecule has 3 aromatic carbocycles. The summed E-state index contributed by atoms with van der Waals surface area (Å²) in [5, 5.41) is 0.743. The van der Waals surface area contributed by atoms with Crippen LogP contribution in [0.3, 0.4) is 0 Å². The minimum absolute atomic E-state index is 0.0520. The largest absolute Gasteiger partial charge is 0.425 e. The van der Waals surface area contributed by atoms with Crippen LogP contribution in [0.15, 0.2) is 86.9 Å². The fourth-order valence-corrected chi connectivity index (χ4v) is 5.12. The molecule has 0 saturated carbocycles.